The van der Waals surface area contributed by atoms with Crippen LogP contribution in [-0.4, -0.2) is 61.3 Å². The quantitative estimate of drug-likeness (QED) is 0.621. The Morgan fingerprint density at radius 3 is 2.52 bits per heavy atom. The maximum atomic E-state index is 11.8. The minimum atomic E-state index is -0.811. The van der Waals surface area contributed by atoms with Gasteiger partial charge in [0.1, 0.15) is 17.9 Å². The van der Waals surface area contributed by atoms with E-state index in [1.807, 2.05) is 6.92 Å². The average Bonchev–Trinajstić information content (AvgIpc) is 3.18. The Labute approximate surface area is 173 Å². The van der Waals surface area contributed by atoms with E-state index < -0.39 is 36.5 Å². The second-order valence-electron chi connectivity index (χ2n) is 7.43. The number of thioether (sulfide) groups is 1. The molecule has 0 spiro atoms. The van der Waals surface area contributed by atoms with E-state index in [0.29, 0.717) is 22.8 Å². The van der Waals surface area contributed by atoms with E-state index in [4.69, 9.17) is 14.2 Å². The highest BCUT2D eigenvalue weighted by Gasteiger charge is 2.50. The van der Waals surface area contributed by atoms with Crippen molar-refractivity contribution in [2.24, 2.45) is 5.92 Å². The first-order chi connectivity index (χ1) is 13.8. The number of nitrogens with zero attached hydrogens (tertiary/aromatic N) is 4. The molecule has 3 rings (SSSR count). The molecule has 0 N–H and O–H groups in total. The summed E-state index contributed by atoms with van der Waals surface area (Å²) in [4.78, 5) is 36.4. The molecular weight excluding hydrogens is 396 g/mol. The predicted octanol–water partition coefficient (Wildman–Crippen LogP) is 2.28. The number of esters is 2. The fourth-order valence-electron chi connectivity index (χ4n) is 3.29. The first-order valence-corrected chi connectivity index (χ1v) is 10.6. The number of rotatable bonds is 7. The zero-order valence-electron chi connectivity index (χ0n) is 17.2. The molecule has 29 heavy (non-hydrogen) atoms. The molecule has 3 heterocycles. The summed E-state index contributed by atoms with van der Waals surface area (Å²) in [5.74, 6) is 1.13. The van der Waals surface area contributed by atoms with Gasteiger partial charge in [-0.15, -0.1) is 0 Å². The Balaban J connectivity index is 1.95. The van der Waals surface area contributed by atoms with E-state index in [0.717, 1.165) is 11.4 Å². The Kier molecular flexibility index (Phi) is 6.74. The van der Waals surface area contributed by atoms with Gasteiger partial charge in [0.25, 0.3) is 0 Å². The smallest absolute Gasteiger partial charge is 0.303 e. The first kappa shape index (κ1) is 21.5. The normalized spacial score (nSPS) is 24.2. The Morgan fingerprint density at radius 1 is 1.17 bits per heavy atom. The van der Waals surface area contributed by atoms with E-state index in [1.54, 1.807) is 22.7 Å². The van der Waals surface area contributed by atoms with E-state index in [9.17, 15) is 9.59 Å². The van der Waals surface area contributed by atoms with Gasteiger partial charge in [-0.05, 0) is 18.6 Å². The van der Waals surface area contributed by atoms with Crippen LogP contribution in [0.5, 0.6) is 0 Å². The number of carbonyl (C=O) groups is 2. The van der Waals surface area contributed by atoms with Crippen molar-refractivity contribution in [2.45, 2.75) is 59.2 Å². The minimum Gasteiger partial charge on any atom is -0.456 e. The maximum absolute atomic E-state index is 11.8. The fraction of sp³-hybridized carbons (Fsp3) is 0.632. The van der Waals surface area contributed by atoms with Crippen LogP contribution in [0.3, 0.4) is 0 Å². The molecule has 0 unspecified atom stereocenters. The zero-order valence-corrected chi connectivity index (χ0v) is 18.0. The lowest BCUT2D eigenvalue weighted by atomic mass is 10.1. The number of imidazole rings is 1. The molecule has 10 heteroatoms. The molecule has 4 atom stereocenters. The summed E-state index contributed by atoms with van der Waals surface area (Å²) < 4.78 is 19.1. The topological polar surface area (TPSA) is 105 Å². The van der Waals surface area contributed by atoms with Crippen LogP contribution in [0.4, 0.5) is 0 Å². The van der Waals surface area contributed by atoms with Crippen LogP contribution in [0.25, 0.3) is 11.2 Å². The Morgan fingerprint density at radius 2 is 1.86 bits per heavy atom. The highest BCUT2D eigenvalue weighted by atomic mass is 32.2. The van der Waals surface area contributed by atoms with Crippen molar-refractivity contribution < 1.29 is 23.8 Å². The molecule has 0 radical (unpaired) electrons. The SMILES string of the molecule is CC(=O)O[C@@H]1[C@H](OC(C)=O)[C@@H](CSCC(C)C)O[C@H]1n1cnc2c(C)ncnc21. The van der Waals surface area contributed by atoms with Crippen molar-refractivity contribution in [3.05, 3.63) is 18.3 Å². The molecule has 1 aliphatic rings. The molecule has 1 fully saturated rings. The fourth-order valence-corrected chi connectivity index (χ4v) is 4.40. The molecule has 0 saturated carbocycles. The van der Waals surface area contributed by atoms with E-state index in [1.165, 1.54) is 20.2 Å². The summed E-state index contributed by atoms with van der Waals surface area (Å²) in [6, 6.07) is 0. The van der Waals surface area contributed by atoms with Gasteiger partial charge in [0, 0.05) is 19.6 Å². The molecule has 158 valence electrons. The predicted molar refractivity (Wildman–Crippen MR) is 107 cm³/mol. The third-order valence-electron chi connectivity index (χ3n) is 4.44. The summed E-state index contributed by atoms with van der Waals surface area (Å²) in [6.45, 7) is 8.76. The van der Waals surface area contributed by atoms with Gasteiger partial charge in [-0.25, -0.2) is 15.0 Å². The van der Waals surface area contributed by atoms with Crippen molar-refractivity contribution >= 4 is 34.9 Å². The average molecular weight is 423 g/mol. The van der Waals surface area contributed by atoms with Crippen molar-refractivity contribution in [1.82, 2.24) is 19.5 Å². The van der Waals surface area contributed by atoms with Gasteiger partial charge in [0.05, 0.1) is 12.0 Å². The van der Waals surface area contributed by atoms with E-state index in [-0.39, 0.29) is 0 Å². The lowest BCUT2D eigenvalue weighted by molar-refractivity contribution is -0.165. The van der Waals surface area contributed by atoms with Crippen LogP contribution in [0, 0.1) is 12.8 Å². The van der Waals surface area contributed by atoms with Gasteiger partial charge < -0.3 is 14.2 Å². The highest BCUT2D eigenvalue weighted by Crippen LogP contribution is 2.37. The van der Waals surface area contributed by atoms with Gasteiger partial charge in [0.15, 0.2) is 24.1 Å². The van der Waals surface area contributed by atoms with Crippen molar-refractivity contribution in [1.29, 1.82) is 0 Å². The molecular formula is C19H26N4O5S. The highest BCUT2D eigenvalue weighted by molar-refractivity contribution is 7.99. The molecule has 0 aromatic carbocycles. The standard InChI is InChI=1S/C19H26N4O5S/c1-10(2)6-29-7-14-16(26-12(4)24)17(27-13(5)25)19(28-14)23-9-22-15-11(3)20-8-21-18(15)23/h8-10,14,16-17,19H,6-7H2,1-5H3/t14-,16-,17-,19-/m1/s1. The van der Waals surface area contributed by atoms with Crippen molar-refractivity contribution in [3.8, 4) is 0 Å². The summed E-state index contributed by atoms with van der Waals surface area (Å²) in [6.07, 6.45) is 0.354. The number of fused-ring (bicyclic) bond motifs is 1. The lowest BCUT2D eigenvalue weighted by Crippen LogP contribution is -2.39. The van der Waals surface area contributed by atoms with E-state index >= 15 is 0 Å². The molecule has 9 nitrogen and oxygen atoms in total. The van der Waals surface area contributed by atoms with Crippen LogP contribution in [0.1, 0.15) is 39.6 Å². The monoisotopic (exact) mass is 422 g/mol. The second-order valence-corrected chi connectivity index (χ2v) is 8.50. The van der Waals surface area contributed by atoms with Crippen LogP contribution >= 0.6 is 11.8 Å². The molecule has 2 aromatic rings. The lowest BCUT2D eigenvalue weighted by Gasteiger charge is -2.23. The zero-order chi connectivity index (χ0) is 21.1. The van der Waals surface area contributed by atoms with Crippen molar-refractivity contribution in [2.75, 3.05) is 11.5 Å². The van der Waals surface area contributed by atoms with Gasteiger partial charge in [-0.3, -0.25) is 14.2 Å². The third kappa shape index (κ3) is 4.87. The van der Waals surface area contributed by atoms with Gasteiger partial charge in [-0.2, -0.15) is 11.8 Å². The second kappa shape index (κ2) is 9.08. The summed E-state index contributed by atoms with van der Waals surface area (Å²) in [5, 5.41) is 0. The Hall–Kier alpha value is -2.20. The van der Waals surface area contributed by atoms with Crippen LogP contribution < -0.4 is 0 Å². The number of hydrogen-bond donors (Lipinski definition) is 0. The first-order valence-electron chi connectivity index (χ1n) is 9.49. The number of ether oxygens (including phenoxy) is 3. The van der Waals surface area contributed by atoms with Crippen LogP contribution in [-0.2, 0) is 23.8 Å². The number of aromatic nitrogens is 4. The summed E-state index contributed by atoms with van der Waals surface area (Å²) in [5.41, 5.74) is 1.94. The van der Waals surface area contributed by atoms with Crippen molar-refractivity contribution in [3.63, 3.8) is 0 Å². The Bertz CT molecular complexity index is 887. The summed E-state index contributed by atoms with van der Waals surface area (Å²) in [7, 11) is 0. The van der Waals surface area contributed by atoms with Crippen LogP contribution in [0.2, 0.25) is 0 Å². The third-order valence-corrected chi connectivity index (χ3v) is 5.91. The van der Waals surface area contributed by atoms with Gasteiger partial charge in [-0.1, -0.05) is 13.8 Å². The molecule has 1 aliphatic heterocycles. The molecule has 0 aliphatic carbocycles. The number of aryl methyl sites for hydroxylation is 1. The molecule has 1 saturated heterocycles. The minimum absolute atomic E-state index is 0.433. The molecule has 2 aromatic heterocycles. The largest absolute Gasteiger partial charge is 0.456 e. The van der Waals surface area contributed by atoms with E-state index in [2.05, 4.69) is 28.8 Å². The van der Waals surface area contributed by atoms with Gasteiger partial charge in [0.2, 0.25) is 0 Å². The van der Waals surface area contributed by atoms with Gasteiger partial charge >= 0.3 is 11.9 Å². The molecule has 0 amide bonds. The summed E-state index contributed by atoms with van der Waals surface area (Å²) >= 11 is 1.71. The number of carbonyl (C=O) groups excluding carboxylic acids is 2. The number of hydrogen-bond acceptors (Lipinski definition) is 9. The van der Waals surface area contributed by atoms with Crippen LogP contribution in [0.15, 0.2) is 12.7 Å². The maximum Gasteiger partial charge on any atom is 0.303 e. The molecule has 0 bridgehead atoms.